The Morgan fingerprint density at radius 1 is 0.950 bits per heavy atom. The molecule has 0 spiro atoms. The highest BCUT2D eigenvalue weighted by Crippen LogP contribution is 1.69. The molecule has 1 rings (SSSR count). The highest BCUT2D eigenvalue weighted by atomic mass is 16.4. The Morgan fingerprint density at radius 3 is 1.30 bits per heavy atom. The molecule has 20 heavy (non-hydrogen) atoms. The highest BCUT2D eigenvalue weighted by molar-refractivity contribution is 5.66. The molecule has 0 fully saturated rings. The van der Waals surface area contributed by atoms with Crippen molar-refractivity contribution in [3.63, 3.8) is 0 Å². The van der Waals surface area contributed by atoms with E-state index in [1.54, 1.807) is 27.1 Å². The van der Waals surface area contributed by atoms with E-state index in [0.29, 0.717) is 0 Å². The minimum atomic E-state index is -0.745. The Bertz CT molecular complexity index is 252. The minimum Gasteiger partial charge on any atom is -0.481 e. The first-order valence-electron chi connectivity index (χ1n) is 6.18. The van der Waals surface area contributed by atoms with Crippen LogP contribution < -0.4 is 5.32 Å². The van der Waals surface area contributed by atoms with Crippen LogP contribution in [-0.2, 0) is 14.4 Å². The number of hydrogen-bond donors (Lipinski definition) is 4. The summed E-state index contributed by atoms with van der Waals surface area (Å²) in [6.45, 7) is 6.78. The normalized spacial score (nSPS) is 10.3. The van der Waals surface area contributed by atoms with Gasteiger partial charge in [0.25, 0.3) is 0 Å². The van der Waals surface area contributed by atoms with Crippen LogP contribution in [0.1, 0.15) is 40.0 Å². The molecule has 118 valence electrons. The Hall–Kier alpha value is -2.12. The third-order valence-electron chi connectivity index (χ3n) is 1.48. The number of rotatable bonds is 3. The number of nitrogens with zero attached hydrogens (tertiary/aromatic N) is 1. The molecule has 0 atom stereocenters. The molecule has 1 heterocycles. The van der Waals surface area contributed by atoms with Gasteiger partial charge in [0.05, 0.1) is 12.9 Å². The number of nitrogens with one attached hydrogen (secondary N) is 1. The van der Waals surface area contributed by atoms with Crippen LogP contribution in [0.15, 0.2) is 4.99 Å². The molecule has 0 aromatic carbocycles. The van der Waals surface area contributed by atoms with Gasteiger partial charge in [0.1, 0.15) is 0 Å². The van der Waals surface area contributed by atoms with Gasteiger partial charge in [-0.15, -0.1) is 0 Å². The molecular formula is C12H24N2O6. The van der Waals surface area contributed by atoms with Crippen molar-refractivity contribution in [2.75, 3.05) is 13.1 Å². The van der Waals surface area contributed by atoms with E-state index in [0.717, 1.165) is 13.1 Å². The zero-order chi connectivity index (χ0) is 16.4. The predicted octanol–water partition coefficient (Wildman–Crippen LogP) is 1.06. The van der Waals surface area contributed by atoms with Gasteiger partial charge >= 0.3 is 17.9 Å². The number of hydrogen-bond acceptors (Lipinski definition) is 5. The maximum Gasteiger partial charge on any atom is 0.303 e. The molecule has 0 saturated heterocycles. The van der Waals surface area contributed by atoms with Crippen molar-refractivity contribution >= 4 is 24.2 Å². The average Bonchev–Trinajstić information content (AvgIpc) is 2.99. The first kappa shape index (κ1) is 23.0. The van der Waals surface area contributed by atoms with E-state index in [9.17, 15) is 14.4 Å². The van der Waals surface area contributed by atoms with Gasteiger partial charge in [0.15, 0.2) is 0 Å². The Balaban J connectivity index is -0.000000193. The van der Waals surface area contributed by atoms with Gasteiger partial charge in [0.2, 0.25) is 0 Å². The SMILES string of the molecule is C1=NCCN1.CCC(=O)O.CCC(=O)O.CCC(=O)O. The fourth-order valence-electron chi connectivity index (χ4n) is 0.323. The van der Waals surface area contributed by atoms with Crippen LogP contribution in [0.4, 0.5) is 0 Å². The van der Waals surface area contributed by atoms with Gasteiger partial charge in [-0.1, -0.05) is 20.8 Å². The largest absolute Gasteiger partial charge is 0.481 e. The van der Waals surface area contributed by atoms with Crippen LogP contribution in [0.25, 0.3) is 0 Å². The monoisotopic (exact) mass is 292 g/mol. The summed E-state index contributed by atoms with van der Waals surface area (Å²) in [5.41, 5.74) is 0. The lowest BCUT2D eigenvalue weighted by molar-refractivity contribution is -0.137. The van der Waals surface area contributed by atoms with Crippen molar-refractivity contribution in [2.24, 2.45) is 4.99 Å². The van der Waals surface area contributed by atoms with Gasteiger partial charge in [-0.3, -0.25) is 19.4 Å². The van der Waals surface area contributed by atoms with E-state index >= 15 is 0 Å². The lowest BCUT2D eigenvalue weighted by Crippen LogP contribution is -2.04. The molecule has 0 radical (unpaired) electrons. The zero-order valence-corrected chi connectivity index (χ0v) is 12.1. The fraction of sp³-hybridized carbons (Fsp3) is 0.667. The first-order chi connectivity index (χ1) is 9.31. The van der Waals surface area contributed by atoms with Crippen molar-refractivity contribution in [3.8, 4) is 0 Å². The minimum absolute atomic E-state index is 0.222. The van der Waals surface area contributed by atoms with E-state index < -0.39 is 17.9 Å². The van der Waals surface area contributed by atoms with Gasteiger partial charge in [-0.05, 0) is 0 Å². The lowest BCUT2D eigenvalue weighted by Gasteiger charge is -1.75. The summed E-state index contributed by atoms with van der Waals surface area (Å²) in [5.74, 6) is -2.24. The number of carboxylic acids is 3. The van der Waals surface area contributed by atoms with Crippen molar-refractivity contribution in [1.29, 1.82) is 0 Å². The van der Waals surface area contributed by atoms with Crippen LogP contribution in [0, 0.1) is 0 Å². The van der Waals surface area contributed by atoms with Gasteiger partial charge in [-0.2, -0.15) is 0 Å². The van der Waals surface area contributed by atoms with Crippen molar-refractivity contribution in [3.05, 3.63) is 0 Å². The second kappa shape index (κ2) is 19.2. The van der Waals surface area contributed by atoms with Crippen molar-refractivity contribution in [1.82, 2.24) is 5.32 Å². The summed E-state index contributed by atoms with van der Waals surface area (Å²) in [6.07, 6.45) is 2.40. The molecule has 0 unspecified atom stereocenters. The van der Waals surface area contributed by atoms with E-state index in [1.807, 2.05) is 0 Å². The van der Waals surface area contributed by atoms with Crippen LogP contribution in [-0.4, -0.2) is 52.7 Å². The van der Waals surface area contributed by atoms with Crippen LogP contribution in [0.5, 0.6) is 0 Å². The fourth-order valence-corrected chi connectivity index (χ4v) is 0.323. The Labute approximate surface area is 118 Å². The van der Waals surface area contributed by atoms with Crippen LogP contribution in [0.2, 0.25) is 0 Å². The highest BCUT2D eigenvalue weighted by Gasteiger charge is 1.82. The molecular weight excluding hydrogens is 268 g/mol. The summed E-state index contributed by atoms with van der Waals surface area (Å²) in [7, 11) is 0. The van der Waals surface area contributed by atoms with Gasteiger partial charge < -0.3 is 20.6 Å². The Morgan fingerprint density at radius 2 is 1.25 bits per heavy atom. The molecule has 0 aliphatic carbocycles. The summed E-state index contributed by atoms with van der Waals surface area (Å²) < 4.78 is 0. The third-order valence-corrected chi connectivity index (χ3v) is 1.48. The molecule has 0 aromatic rings. The maximum absolute atomic E-state index is 9.37. The average molecular weight is 292 g/mol. The summed E-state index contributed by atoms with van der Waals surface area (Å²) in [4.78, 5) is 32.0. The predicted molar refractivity (Wildman–Crippen MR) is 75.1 cm³/mol. The second-order valence-electron chi connectivity index (χ2n) is 3.23. The van der Waals surface area contributed by atoms with E-state index in [-0.39, 0.29) is 19.3 Å². The number of aliphatic imine (C=N–C) groups is 1. The van der Waals surface area contributed by atoms with E-state index in [4.69, 9.17) is 15.3 Å². The second-order valence-corrected chi connectivity index (χ2v) is 3.23. The van der Waals surface area contributed by atoms with E-state index in [1.165, 1.54) is 0 Å². The molecule has 0 aromatic heterocycles. The number of carboxylic acid groups (broad SMARTS) is 3. The molecule has 8 nitrogen and oxygen atoms in total. The summed E-state index contributed by atoms with van der Waals surface area (Å²) in [6, 6.07) is 0. The smallest absolute Gasteiger partial charge is 0.303 e. The Kier molecular flexibility index (Phi) is 22.1. The topological polar surface area (TPSA) is 136 Å². The zero-order valence-electron chi connectivity index (χ0n) is 12.1. The molecule has 1 aliphatic heterocycles. The van der Waals surface area contributed by atoms with Crippen molar-refractivity contribution in [2.45, 2.75) is 40.0 Å². The van der Waals surface area contributed by atoms with E-state index in [2.05, 4.69) is 10.3 Å². The van der Waals surface area contributed by atoms with Crippen LogP contribution >= 0.6 is 0 Å². The molecule has 1 aliphatic rings. The molecule has 0 amide bonds. The van der Waals surface area contributed by atoms with Crippen molar-refractivity contribution < 1.29 is 29.7 Å². The molecule has 4 N–H and O–H groups in total. The quantitative estimate of drug-likeness (QED) is 0.610. The number of aliphatic carboxylic acids is 3. The molecule has 8 heteroatoms. The summed E-state index contributed by atoms with van der Waals surface area (Å²) >= 11 is 0. The molecule has 0 saturated carbocycles. The molecule has 0 bridgehead atoms. The standard InChI is InChI=1S/C3H6N2.3C3H6O2/c1-2-5-3-4-1;3*1-2-3(4)5/h3H,1-2H2,(H,4,5);3*2H2,1H3,(H,4,5). The number of carbonyl (C=O) groups is 3. The van der Waals surface area contributed by atoms with Gasteiger partial charge in [-0.25, -0.2) is 0 Å². The van der Waals surface area contributed by atoms with Crippen LogP contribution in [0.3, 0.4) is 0 Å². The lowest BCUT2D eigenvalue weighted by atomic mass is 10.5. The first-order valence-corrected chi connectivity index (χ1v) is 6.18. The van der Waals surface area contributed by atoms with Gasteiger partial charge in [0, 0.05) is 25.8 Å². The third kappa shape index (κ3) is 44.6. The summed E-state index contributed by atoms with van der Waals surface area (Å²) in [5, 5.41) is 26.1. The maximum atomic E-state index is 9.37.